The molecule has 2 N–H and O–H groups in total. The van der Waals surface area contributed by atoms with E-state index in [1.165, 1.54) is 0 Å². The van der Waals surface area contributed by atoms with Crippen molar-refractivity contribution in [2.24, 2.45) is 5.92 Å². The molecule has 5 nitrogen and oxygen atoms in total. The summed E-state index contributed by atoms with van der Waals surface area (Å²) in [7, 11) is 1.66. The van der Waals surface area contributed by atoms with Crippen LogP contribution in [0.15, 0.2) is 0 Å². The minimum atomic E-state index is -0.327. The van der Waals surface area contributed by atoms with E-state index in [0.29, 0.717) is 6.61 Å². The second-order valence-electron chi connectivity index (χ2n) is 4.80. The average molecular weight is 256 g/mol. The molecular weight excluding hydrogens is 232 g/mol. The third-order valence-corrected chi connectivity index (χ3v) is 3.40. The highest BCUT2D eigenvalue weighted by atomic mass is 16.5. The predicted molar refractivity (Wildman–Crippen MR) is 69.2 cm³/mol. The van der Waals surface area contributed by atoms with E-state index in [4.69, 9.17) is 4.74 Å². The number of hydrogen-bond acceptors (Lipinski definition) is 3. The molecule has 0 aromatic heterocycles. The Hall–Kier alpha value is -1.26. The van der Waals surface area contributed by atoms with Crippen molar-refractivity contribution >= 4 is 12.0 Å². The van der Waals surface area contributed by atoms with Gasteiger partial charge in [0, 0.05) is 19.0 Å². The lowest BCUT2D eigenvalue weighted by atomic mass is 9.85. The number of ether oxygens (including phenoxy) is 1. The van der Waals surface area contributed by atoms with Crippen LogP contribution in [0.3, 0.4) is 0 Å². The van der Waals surface area contributed by atoms with Gasteiger partial charge in [-0.05, 0) is 32.1 Å². The fourth-order valence-electron chi connectivity index (χ4n) is 2.22. The molecule has 0 bridgehead atoms. The Morgan fingerprint density at radius 1 is 1.22 bits per heavy atom. The van der Waals surface area contributed by atoms with E-state index >= 15 is 0 Å². The molecule has 0 atom stereocenters. The van der Waals surface area contributed by atoms with Gasteiger partial charge in [-0.2, -0.15) is 0 Å². The van der Waals surface area contributed by atoms with Crippen molar-refractivity contribution in [2.75, 3.05) is 13.7 Å². The maximum Gasteiger partial charge on any atom is 0.407 e. The fourth-order valence-corrected chi connectivity index (χ4v) is 2.22. The van der Waals surface area contributed by atoms with Gasteiger partial charge in [-0.25, -0.2) is 4.79 Å². The van der Waals surface area contributed by atoms with Gasteiger partial charge in [-0.3, -0.25) is 4.79 Å². The number of hydrogen-bond donors (Lipinski definition) is 2. The van der Waals surface area contributed by atoms with Crippen LogP contribution in [0.25, 0.3) is 0 Å². The maximum atomic E-state index is 11.4. The van der Waals surface area contributed by atoms with E-state index in [-0.39, 0.29) is 24.0 Å². The third-order valence-electron chi connectivity index (χ3n) is 3.40. The minimum Gasteiger partial charge on any atom is -0.450 e. The van der Waals surface area contributed by atoms with Crippen LogP contribution in [0.4, 0.5) is 4.79 Å². The Balaban J connectivity index is 2.18. The number of nitrogens with one attached hydrogen (secondary N) is 2. The molecule has 2 amide bonds. The van der Waals surface area contributed by atoms with Crippen LogP contribution < -0.4 is 10.6 Å². The molecule has 1 rings (SSSR count). The van der Waals surface area contributed by atoms with Crippen LogP contribution in [0, 0.1) is 5.92 Å². The van der Waals surface area contributed by atoms with Crippen LogP contribution in [0.5, 0.6) is 0 Å². The summed E-state index contributed by atoms with van der Waals surface area (Å²) in [4.78, 5) is 22.9. The zero-order valence-corrected chi connectivity index (χ0v) is 11.3. The summed E-state index contributed by atoms with van der Waals surface area (Å²) in [6.07, 6.45) is 4.95. The molecule has 1 aliphatic rings. The highest BCUT2D eigenvalue weighted by molar-refractivity contribution is 5.78. The Kier molecular flexibility index (Phi) is 6.54. The fraction of sp³-hybridized carbons (Fsp3) is 0.846. The Labute approximate surface area is 109 Å². The first-order chi connectivity index (χ1) is 8.67. The molecule has 1 fully saturated rings. The molecule has 0 heterocycles. The number of carbonyl (C=O) groups excluding carboxylic acids is 2. The first-order valence-corrected chi connectivity index (χ1v) is 6.82. The van der Waals surface area contributed by atoms with Crippen molar-refractivity contribution in [2.45, 2.75) is 51.5 Å². The molecule has 0 spiro atoms. The monoisotopic (exact) mass is 256 g/mol. The van der Waals surface area contributed by atoms with Gasteiger partial charge in [-0.15, -0.1) is 0 Å². The summed E-state index contributed by atoms with van der Waals surface area (Å²) in [6, 6.07) is 0.153. The quantitative estimate of drug-likeness (QED) is 0.737. The zero-order chi connectivity index (χ0) is 13.4. The third kappa shape index (κ3) is 4.94. The highest BCUT2D eigenvalue weighted by Crippen LogP contribution is 2.24. The van der Waals surface area contributed by atoms with Gasteiger partial charge in [0.1, 0.15) is 0 Å². The van der Waals surface area contributed by atoms with Crippen LogP contribution in [-0.4, -0.2) is 31.7 Å². The lowest BCUT2D eigenvalue weighted by molar-refractivity contribution is -0.125. The topological polar surface area (TPSA) is 67.4 Å². The summed E-state index contributed by atoms with van der Waals surface area (Å²) < 4.78 is 5.05. The van der Waals surface area contributed by atoms with E-state index in [1.807, 2.05) is 0 Å². The van der Waals surface area contributed by atoms with E-state index < -0.39 is 0 Å². The number of carbonyl (C=O) groups is 2. The lowest BCUT2D eigenvalue weighted by Gasteiger charge is -2.27. The van der Waals surface area contributed by atoms with E-state index in [0.717, 1.165) is 38.5 Å². The van der Waals surface area contributed by atoms with E-state index in [9.17, 15) is 9.59 Å². The van der Waals surface area contributed by atoms with Crippen molar-refractivity contribution in [3.8, 4) is 0 Å². The van der Waals surface area contributed by atoms with Crippen LogP contribution >= 0.6 is 0 Å². The molecule has 0 saturated heterocycles. The van der Waals surface area contributed by atoms with Crippen molar-refractivity contribution in [3.63, 3.8) is 0 Å². The Morgan fingerprint density at radius 2 is 1.89 bits per heavy atom. The predicted octanol–water partition coefficient (Wildman–Crippen LogP) is 1.82. The number of alkyl carbamates (subject to hydrolysis) is 1. The molecule has 0 unspecified atom stereocenters. The summed E-state index contributed by atoms with van der Waals surface area (Å²) >= 11 is 0. The first-order valence-electron chi connectivity index (χ1n) is 6.82. The molecule has 1 aliphatic carbocycles. The summed E-state index contributed by atoms with van der Waals surface area (Å²) in [6.45, 7) is 2.54. The van der Waals surface area contributed by atoms with Crippen LogP contribution in [-0.2, 0) is 9.53 Å². The summed E-state index contributed by atoms with van der Waals surface area (Å²) in [5.41, 5.74) is 0. The summed E-state index contributed by atoms with van der Waals surface area (Å²) in [5.74, 6) is 0.211. The first kappa shape index (κ1) is 14.8. The Morgan fingerprint density at radius 3 is 2.44 bits per heavy atom. The molecule has 0 radical (unpaired) electrons. The van der Waals surface area contributed by atoms with Gasteiger partial charge in [0.2, 0.25) is 5.91 Å². The van der Waals surface area contributed by atoms with Crippen molar-refractivity contribution in [3.05, 3.63) is 0 Å². The van der Waals surface area contributed by atoms with Gasteiger partial charge < -0.3 is 15.4 Å². The normalized spacial score (nSPS) is 23.2. The van der Waals surface area contributed by atoms with Crippen molar-refractivity contribution < 1.29 is 14.3 Å². The lowest BCUT2D eigenvalue weighted by Crippen LogP contribution is -2.40. The maximum absolute atomic E-state index is 11.4. The molecule has 0 aromatic carbocycles. The molecule has 1 saturated carbocycles. The van der Waals surface area contributed by atoms with Crippen molar-refractivity contribution in [1.29, 1.82) is 0 Å². The molecule has 18 heavy (non-hydrogen) atoms. The number of unbranched alkanes of at least 4 members (excludes halogenated alkanes) is 1. The van der Waals surface area contributed by atoms with Gasteiger partial charge in [0.05, 0.1) is 6.61 Å². The standard InChI is InChI=1S/C13H24N2O3/c1-3-4-9-18-13(17)15-11-7-5-10(6-8-11)12(16)14-2/h10-11H,3-9H2,1-2H3,(H,14,16)(H,15,17). The van der Waals surface area contributed by atoms with Crippen molar-refractivity contribution in [1.82, 2.24) is 10.6 Å². The van der Waals surface area contributed by atoms with E-state index in [2.05, 4.69) is 17.6 Å². The minimum absolute atomic E-state index is 0.101. The van der Waals surface area contributed by atoms with Gasteiger partial charge >= 0.3 is 6.09 Å². The zero-order valence-electron chi connectivity index (χ0n) is 11.3. The highest BCUT2D eigenvalue weighted by Gasteiger charge is 2.26. The Bertz CT molecular complexity index is 273. The number of amides is 2. The van der Waals surface area contributed by atoms with Gasteiger partial charge in [-0.1, -0.05) is 13.3 Å². The largest absolute Gasteiger partial charge is 0.450 e. The van der Waals surface area contributed by atoms with Gasteiger partial charge in [0.15, 0.2) is 0 Å². The van der Waals surface area contributed by atoms with Crippen LogP contribution in [0.1, 0.15) is 45.4 Å². The van der Waals surface area contributed by atoms with Gasteiger partial charge in [0.25, 0.3) is 0 Å². The van der Waals surface area contributed by atoms with E-state index in [1.54, 1.807) is 7.05 Å². The second kappa shape index (κ2) is 7.95. The number of rotatable bonds is 5. The molecule has 104 valence electrons. The second-order valence-corrected chi connectivity index (χ2v) is 4.80. The smallest absolute Gasteiger partial charge is 0.407 e. The molecular formula is C13H24N2O3. The molecule has 5 heteroatoms. The average Bonchev–Trinajstić information content (AvgIpc) is 2.39. The van der Waals surface area contributed by atoms with Crippen LogP contribution in [0.2, 0.25) is 0 Å². The molecule has 0 aliphatic heterocycles. The molecule has 0 aromatic rings. The summed E-state index contributed by atoms with van der Waals surface area (Å²) in [5, 5.41) is 5.54. The SMILES string of the molecule is CCCCOC(=O)NC1CCC(C(=O)NC)CC1.